The number of aryl methyl sites for hydroxylation is 1. The topological polar surface area (TPSA) is 62.2 Å². The summed E-state index contributed by atoms with van der Waals surface area (Å²) in [6.45, 7) is 7.08. The molecule has 2 N–H and O–H groups in total. The highest BCUT2D eigenvalue weighted by molar-refractivity contribution is 5.94. The van der Waals surface area contributed by atoms with Crippen molar-refractivity contribution in [3.63, 3.8) is 0 Å². The molecule has 1 rings (SSSR count). The minimum atomic E-state index is -0.652. The number of carbonyl (C=O) groups excluding carboxylic acids is 1. The van der Waals surface area contributed by atoms with Crippen LogP contribution in [0.3, 0.4) is 0 Å². The van der Waals surface area contributed by atoms with E-state index in [0.717, 1.165) is 5.56 Å². The van der Waals surface area contributed by atoms with Crippen molar-refractivity contribution >= 4 is 5.91 Å². The summed E-state index contributed by atoms with van der Waals surface area (Å²) in [7, 11) is 0. The van der Waals surface area contributed by atoms with Crippen LogP contribution < -0.4 is 5.32 Å². The summed E-state index contributed by atoms with van der Waals surface area (Å²) in [6, 6.07) is 1.76. The number of hydrogen-bond donors (Lipinski definition) is 2. The van der Waals surface area contributed by atoms with Gasteiger partial charge in [-0.25, -0.2) is 0 Å². The predicted molar refractivity (Wildman–Crippen MR) is 62.2 cm³/mol. The van der Waals surface area contributed by atoms with E-state index in [1.165, 1.54) is 6.20 Å². The van der Waals surface area contributed by atoms with Crippen LogP contribution in [-0.4, -0.2) is 27.6 Å². The predicted octanol–water partition coefficient (Wildman–Crippen LogP) is 1.28. The van der Waals surface area contributed by atoms with E-state index in [0.29, 0.717) is 5.56 Å². The van der Waals surface area contributed by atoms with E-state index in [-0.39, 0.29) is 5.91 Å². The summed E-state index contributed by atoms with van der Waals surface area (Å²) in [5.41, 5.74) is 0.789. The average Bonchev–Trinajstić information content (AvgIpc) is 2.16. The van der Waals surface area contributed by atoms with Gasteiger partial charge in [0, 0.05) is 12.4 Å². The molecule has 0 aliphatic rings. The van der Waals surface area contributed by atoms with Crippen molar-refractivity contribution in [1.82, 2.24) is 10.3 Å². The molecule has 0 spiro atoms. The molecule has 1 heterocycles. The van der Waals surface area contributed by atoms with Gasteiger partial charge in [0.05, 0.1) is 17.2 Å². The van der Waals surface area contributed by atoms with Gasteiger partial charge in [0.15, 0.2) is 0 Å². The van der Waals surface area contributed by atoms with Crippen LogP contribution in [0.15, 0.2) is 18.5 Å². The normalized spacial score (nSPS) is 13.3. The Morgan fingerprint density at radius 1 is 1.50 bits per heavy atom. The first-order valence-corrected chi connectivity index (χ1v) is 5.25. The standard InChI is InChI=1S/C12H18N2O2/c1-8-5-10(7-13-6-8)11(16)14-12(3,4)9(2)15/h5-7,9,15H,1-4H3,(H,14,16). The first kappa shape index (κ1) is 12.6. The third kappa shape index (κ3) is 3.03. The van der Waals surface area contributed by atoms with Crippen LogP contribution in [-0.2, 0) is 0 Å². The monoisotopic (exact) mass is 222 g/mol. The van der Waals surface area contributed by atoms with Crippen LogP contribution in [0.5, 0.6) is 0 Å². The maximum Gasteiger partial charge on any atom is 0.253 e. The Bertz CT molecular complexity index is 386. The fraction of sp³-hybridized carbons (Fsp3) is 0.500. The Labute approximate surface area is 95.7 Å². The maximum atomic E-state index is 11.9. The highest BCUT2D eigenvalue weighted by atomic mass is 16.3. The average molecular weight is 222 g/mol. The van der Waals surface area contributed by atoms with Crippen molar-refractivity contribution < 1.29 is 9.90 Å². The molecule has 0 radical (unpaired) electrons. The number of carbonyl (C=O) groups is 1. The van der Waals surface area contributed by atoms with E-state index in [1.54, 1.807) is 33.0 Å². The van der Waals surface area contributed by atoms with Crippen molar-refractivity contribution in [2.45, 2.75) is 39.3 Å². The molecule has 0 aromatic carbocycles. The lowest BCUT2D eigenvalue weighted by atomic mass is 9.98. The number of hydrogen-bond acceptors (Lipinski definition) is 3. The van der Waals surface area contributed by atoms with Gasteiger partial charge in [-0.15, -0.1) is 0 Å². The molecule has 1 atom stereocenters. The van der Waals surface area contributed by atoms with E-state index >= 15 is 0 Å². The highest BCUT2D eigenvalue weighted by Crippen LogP contribution is 2.10. The van der Waals surface area contributed by atoms with E-state index in [9.17, 15) is 9.90 Å². The summed E-state index contributed by atoms with van der Waals surface area (Å²) < 4.78 is 0. The molecule has 1 amide bonds. The van der Waals surface area contributed by atoms with Crippen LogP contribution in [0.2, 0.25) is 0 Å². The van der Waals surface area contributed by atoms with Gasteiger partial charge in [-0.2, -0.15) is 0 Å². The zero-order valence-corrected chi connectivity index (χ0v) is 10.1. The molecule has 1 aromatic rings. The molecule has 0 saturated carbocycles. The molecule has 0 aliphatic heterocycles. The lowest BCUT2D eigenvalue weighted by Gasteiger charge is -2.29. The van der Waals surface area contributed by atoms with Crippen molar-refractivity contribution in [2.24, 2.45) is 0 Å². The third-order valence-corrected chi connectivity index (χ3v) is 2.62. The van der Waals surface area contributed by atoms with Crippen LogP contribution in [0, 0.1) is 6.92 Å². The summed E-state index contributed by atoms with van der Waals surface area (Å²) in [6.07, 6.45) is 2.59. The number of rotatable bonds is 3. The summed E-state index contributed by atoms with van der Waals surface area (Å²) in [5, 5.41) is 12.3. The number of nitrogens with one attached hydrogen (secondary N) is 1. The largest absolute Gasteiger partial charge is 0.391 e. The highest BCUT2D eigenvalue weighted by Gasteiger charge is 2.26. The van der Waals surface area contributed by atoms with E-state index in [1.807, 2.05) is 6.92 Å². The second kappa shape index (κ2) is 4.61. The molecule has 1 aromatic heterocycles. The van der Waals surface area contributed by atoms with Crippen LogP contribution in [0.1, 0.15) is 36.7 Å². The molecule has 0 fully saturated rings. The lowest BCUT2D eigenvalue weighted by Crippen LogP contribution is -2.51. The second-order valence-electron chi connectivity index (χ2n) is 4.60. The lowest BCUT2D eigenvalue weighted by molar-refractivity contribution is 0.0709. The maximum absolute atomic E-state index is 11.9. The van der Waals surface area contributed by atoms with Gasteiger partial charge >= 0.3 is 0 Å². The first-order valence-electron chi connectivity index (χ1n) is 5.25. The Kier molecular flexibility index (Phi) is 3.65. The number of nitrogens with zero attached hydrogens (tertiary/aromatic N) is 1. The first-order chi connectivity index (χ1) is 7.33. The molecule has 0 bridgehead atoms. The van der Waals surface area contributed by atoms with Crippen molar-refractivity contribution in [1.29, 1.82) is 0 Å². The summed E-state index contributed by atoms with van der Waals surface area (Å²) >= 11 is 0. The summed E-state index contributed by atoms with van der Waals surface area (Å²) in [5.74, 6) is -0.220. The Hall–Kier alpha value is -1.42. The zero-order valence-electron chi connectivity index (χ0n) is 10.1. The summed E-state index contributed by atoms with van der Waals surface area (Å²) in [4.78, 5) is 15.8. The number of pyridine rings is 1. The van der Waals surface area contributed by atoms with Gasteiger partial charge in [0.1, 0.15) is 0 Å². The van der Waals surface area contributed by atoms with Crippen LogP contribution in [0.25, 0.3) is 0 Å². The van der Waals surface area contributed by atoms with Gasteiger partial charge in [0.25, 0.3) is 5.91 Å². The van der Waals surface area contributed by atoms with Gasteiger partial charge < -0.3 is 10.4 Å². The minimum Gasteiger partial charge on any atom is -0.391 e. The Morgan fingerprint density at radius 3 is 2.62 bits per heavy atom. The number of aliphatic hydroxyl groups excluding tert-OH is 1. The number of aliphatic hydroxyl groups is 1. The van der Waals surface area contributed by atoms with Gasteiger partial charge in [-0.3, -0.25) is 9.78 Å². The van der Waals surface area contributed by atoms with E-state index in [2.05, 4.69) is 10.3 Å². The van der Waals surface area contributed by atoms with Crippen LogP contribution in [0.4, 0.5) is 0 Å². The van der Waals surface area contributed by atoms with Crippen molar-refractivity contribution in [3.05, 3.63) is 29.6 Å². The molecule has 0 aliphatic carbocycles. The van der Waals surface area contributed by atoms with Gasteiger partial charge in [-0.05, 0) is 39.3 Å². The fourth-order valence-electron chi connectivity index (χ4n) is 1.15. The Balaban J connectivity index is 2.81. The molecule has 4 heteroatoms. The van der Waals surface area contributed by atoms with Gasteiger partial charge in [-0.1, -0.05) is 0 Å². The van der Waals surface area contributed by atoms with E-state index < -0.39 is 11.6 Å². The molecule has 0 saturated heterocycles. The molecule has 16 heavy (non-hydrogen) atoms. The van der Waals surface area contributed by atoms with Crippen LogP contribution >= 0.6 is 0 Å². The molecular formula is C12H18N2O2. The van der Waals surface area contributed by atoms with Gasteiger partial charge in [0.2, 0.25) is 0 Å². The smallest absolute Gasteiger partial charge is 0.253 e. The SMILES string of the molecule is Cc1cncc(C(=O)NC(C)(C)C(C)O)c1. The van der Waals surface area contributed by atoms with Crippen molar-refractivity contribution in [2.75, 3.05) is 0 Å². The quantitative estimate of drug-likeness (QED) is 0.809. The third-order valence-electron chi connectivity index (χ3n) is 2.62. The molecular weight excluding hydrogens is 204 g/mol. The second-order valence-corrected chi connectivity index (χ2v) is 4.60. The Morgan fingerprint density at radius 2 is 2.12 bits per heavy atom. The molecule has 1 unspecified atom stereocenters. The number of amides is 1. The van der Waals surface area contributed by atoms with E-state index in [4.69, 9.17) is 0 Å². The number of aromatic nitrogens is 1. The molecule has 88 valence electrons. The fourth-order valence-corrected chi connectivity index (χ4v) is 1.15. The zero-order chi connectivity index (χ0) is 12.3. The molecule has 4 nitrogen and oxygen atoms in total. The van der Waals surface area contributed by atoms with Crippen molar-refractivity contribution in [3.8, 4) is 0 Å². The minimum absolute atomic E-state index is 0.220.